The Bertz CT molecular complexity index is 413. The van der Waals surface area contributed by atoms with Gasteiger partial charge in [-0.25, -0.2) is 4.79 Å². The molecule has 0 aliphatic carbocycles. The Balaban J connectivity index is 3.61. The molecule has 0 spiro atoms. The number of rotatable bonds is 18. The highest BCUT2D eigenvalue weighted by Crippen LogP contribution is 2.12. The SMILES string of the molecule is CCCCCCCCCCCCCCOC(=O)[C@H](CCC(N)=O)NC(C)=O. The van der Waals surface area contributed by atoms with E-state index in [0.29, 0.717) is 6.61 Å². The second-order valence-corrected chi connectivity index (χ2v) is 7.31. The molecular weight excluding hydrogens is 344 g/mol. The maximum atomic E-state index is 12.0. The Morgan fingerprint density at radius 2 is 1.33 bits per heavy atom. The molecule has 0 aliphatic rings. The second kappa shape index (κ2) is 17.8. The molecule has 0 aromatic rings. The van der Waals surface area contributed by atoms with Gasteiger partial charge in [0, 0.05) is 13.3 Å². The molecule has 0 saturated heterocycles. The summed E-state index contributed by atoms with van der Waals surface area (Å²) < 4.78 is 5.22. The third kappa shape index (κ3) is 17.6. The fraction of sp³-hybridized carbons (Fsp3) is 0.857. The van der Waals surface area contributed by atoms with Crippen LogP contribution in [0.25, 0.3) is 0 Å². The van der Waals surface area contributed by atoms with Crippen molar-refractivity contribution < 1.29 is 19.1 Å². The van der Waals surface area contributed by atoms with Crippen molar-refractivity contribution in [1.82, 2.24) is 5.32 Å². The molecule has 27 heavy (non-hydrogen) atoms. The van der Waals surface area contributed by atoms with Crippen molar-refractivity contribution in [3.63, 3.8) is 0 Å². The molecule has 0 unspecified atom stereocenters. The number of carbonyl (C=O) groups is 3. The molecule has 0 bridgehead atoms. The Morgan fingerprint density at radius 3 is 1.78 bits per heavy atom. The van der Waals surface area contributed by atoms with Gasteiger partial charge in [0.15, 0.2) is 0 Å². The molecule has 1 atom stereocenters. The van der Waals surface area contributed by atoms with Gasteiger partial charge < -0.3 is 15.8 Å². The minimum absolute atomic E-state index is 0.0403. The molecule has 3 N–H and O–H groups in total. The number of ether oxygens (including phenoxy) is 1. The zero-order valence-electron chi connectivity index (χ0n) is 17.4. The monoisotopic (exact) mass is 384 g/mol. The lowest BCUT2D eigenvalue weighted by Crippen LogP contribution is -2.41. The van der Waals surface area contributed by atoms with Crippen LogP contribution in [0.15, 0.2) is 0 Å². The molecule has 0 aromatic carbocycles. The number of esters is 1. The zero-order valence-corrected chi connectivity index (χ0v) is 17.4. The third-order valence-corrected chi connectivity index (χ3v) is 4.58. The summed E-state index contributed by atoms with van der Waals surface area (Å²) in [6, 6.07) is -0.799. The largest absolute Gasteiger partial charge is 0.464 e. The third-order valence-electron chi connectivity index (χ3n) is 4.58. The van der Waals surface area contributed by atoms with Gasteiger partial charge in [0.2, 0.25) is 11.8 Å². The number of nitrogens with two attached hydrogens (primary N) is 1. The van der Waals surface area contributed by atoms with Crippen LogP contribution in [0.1, 0.15) is 104 Å². The summed E-state index contributed by atoms with van der Waals surface area (Å²) in [7, 11) is 0. The molecule has 0 saturated carbocycles. The van der Waals surface area contributed by atoms with Crippen molar-refractivity contribution in [1.29, 1.82) is 0 Å². The quantitative estimate of drug-likeness (QED) is 0.276. The highest BCUT2D eigenvalue weighted by molar-refractivity contribution is 5.84. The van der Waals surface area contributed by atoms with Gasteiger partial charge in [-0.3, -0.25) is 9.59 Å². The van der Waals surface area contributed by atoms with Gasteiger partial charge in [0.05, 0.1) is 6.61 Å². The van der Waals surface area contributed by atoms with Crippen molar-refractivity contribution in [2.45, 2.75) is 110 Å². The van der Waals surface area contributed by atoms with Gasteiger partial charge in [-0.15, -0.1) is 0 Å². The van der Waals surface area contributed by atoms with Gasteiger partial charge >= 0.3 is 5.97 Å². The molecular formula is C21H40N2O4. The highest BCUT2D eigenvalue weighted by atomic mass is 16.5. The first-order valence-electron chi connectivity index (χ1n) is 10.7. The first-order chi connectivity index (χ1) is 13.0. The van der Waals surface area contributed by atoms with Gasteiger partial charge in [-0.1, -0.05) is 77.6 Å². The number of hydrogen-bond acceptors (Lipinski definition) is 4. The summed E-state index contributed by atoms with van der Waals surface area (Å²) in [6.45, 7) is 3.92. The molecule has 0 aliphatic heterocycles. The summed E-state index contributed by atoms with van der Waals surface area (Å²) in [5.41, 5.74) is 5.09. The van der Waals surface area contributed by atoms with Gasteiger partial charge in [0.25, 0.3) is 0 Å². The Morgan fingerprint density at radius 1 is 0.852 bits per heavy atom. The van der Waals surface area contributed by atoms with Gasteiger partial charge in [0.1, 0.15) is 6.04 Å². The Kier molecular flexibility index (Phi) is 16.8. The maximum absolute atomic E-state index is 12.0. The van der Waals surface area contributed by atoms with Crippen molar-refractivity contribution in [3.8, 4) is 0 Å². The summed E-state index contributed by atoms with van der Waals surface area (Å²) >= 11 is 0. The Labute approximate surface area is 165 Å². The van der Waals surface area contributed by atoms with E-state index in [9.17, 15) is 14.4 Å². The summed E-state index contributed by atoms with van der Waals surface area (Å²) in [5, 5.41) is 2.51. The molecule has 2 amide bonds. The average molecular weight is 385 g/mol. The number of amides is 2. The van der Waals surface area contributed by atoms with Crippen LogP contribution < -0.4 is 11.1 Å². The lowest BCUT2D eigenvalue weighted by atomic mass is 10.1. The van der Waals surface area contributed by atoms with Crippen LogP contribution in [0, 0.1) is 0 Å². The summed E-state index contributed by atoms with van der Waals surface area (Å²) in [4.78, 5) is 34.0. The Hall–Kier alpha value is -1.59. The molecule has 158 valence electrons. The second-order valence-electron chi connectivity index (χ2n) is 7.31. The van der Waals surface area contributed by atoms with E-state index in [2.05, 4.69) is 12.2 Å². The van der Waals surface area contributed by atoms with Crippen LogP contribution >= 0.6 is 0 Å². The number of hydrogen-bond donors (Lipinski definition) is 2. The van der Waals surface area contributed by atoms with Gasteiger partial charge in [-0.05, 0) is 12.8 Å². The van der Waals surface area contributed by atoms with Crippen LogP contribution in [0.2, 0.25) is 0 Å². The minimum Gasteiger partial charge on any atom is -0.464 e. The van der Waals surface area contributed by atoms with Gasteiger partial charge in [-0.2, -0.15) is 0 Å². The van der Waals surface area contributed by atoms with E-state index in [1.165, 1.54) is 64.7 Å². The van der Waals surface area contributed by atoms with Crippen LogP contribution in [0.5, 0.6) is 0 Å². The van der Waals surface area contributed by atoms with Crippen LogP contribution in [0.3, 0.4) is 0 Å². The summed E-state index contributed by atoms with van der Waals surface area (Å²) in [6.07, 6.45) is 15.2. The maximum Gasteiger partial charge on any atom is 0.328 e. The topological polar surface area (TPSA) is 98.5 Å². The predicted molar refractivity (Wildman–Crippen MR) is 108 cm³/mol. The normalized spacial score (nSPS) is 11.8. The molecule has 6 nitrogen and oxygen atoms in total. The van der Waals surface area contributed by atoms with Crippen molar-refractivity contribution >= 4 is 17.8 Å². The molecule has 0 rings (SSSR count). The standard InChI is InChI=1S/C21H40N2O4/c1-3-4-5-6-7-8-9-10-11-12-13-14-17-27-21(26)19(23-18(2)24)15-16-20(22)25/h19H,3-17H2,1-2H3,(H2,22,25)(H,23,24)/t19-/m0/s1. The molecule has 0 aromatic heterocycles. The van der Waals surface area contributed by atoms with Crippen molar-refractivity contribution in [2.24, 2.45) is 5.73 Å². The van der Waals surface area contributed by atoms with Crippen LogP contribution in [0.4, 0.5) is 0 Å². The minimum atomic E-state index is -0.799. The van der Waals surface area contributed by atoms with E-state index in [0.717, 1.165) is 19.3 Å². The predicted octanol–water partition coefficient (Wildman–Crippen LogP) is 4.00. The fourth-order valence-corrected chi connectivity index (χ4v) is 3.00. The number of nitrogens with one attached hydrogen (secondary N) is 1. The number of carbonyl (C=O) groups excluding carboxylic acids is 3. The lowest BCUT2D eigenvalue weighted by molar-refractivity contribution is -0.148. The number of primary amides is 1. The van der Waals surface area contributed by atoms with Crippen LogP contribution in [-0.2, 0) is 19.1 Å². The van der Waals surface area contributed by atoms with Crippen molar-refractivity contribution in [3.05, 3.63) is 0 Å². The fourth-order valence-electron chi connectivity index (χ4n) is 3.00. The van der Waals surface area contributed by atoms with Crippen LogP contribution in [-0.4, -0.2) is 30.4 Å². The first kappa shape index (κ1) is 25.4. The molecule has 0 heterocycles. The summed E-state index contributed by atoms with van der Waals surface area (Å²) in [5.74, 6) is -1.32. The molecule has 0 fully saturated rings. The highest BCUT2D eigenvalue weighted by Gasteiger charge is 2.21. The molecule has 6 heteroatoms. The first-order valence-corrected chi connectivity index (χ1v) is 10.7. The smallest absolute Gasteiger partial charge is 0.328 e. The lowest BCUT2D eigenvalue weighted by Gasteiger charge is -2.16. The number of unbranched alkanes of at least 4 members (excludes halogenated alkanes) is 11. The van der Waals surface area contributed by atoms with E-state index >= 15 is 0 Å². The van der Waals surface area contributed by atoms with Crippen molar-refractivity contribution in [2.75, 3.05) is 6.61 Å². The van der Waals surface area contributed by atoms with E-state index in [1.807, 2.05) is 0 Å². The van der Waals surface area contributed by atoms with E-state index in [-0.39, 0.29) is 18.7 Å². The zero-order chi connectivity index (χ0) is 20.3. The van der Waals surface area contributed by atoms with E-state index in [1.54, 1.807) is 0 Å². The molecule has 0 radical (unpaired) electrons. The van der Waals surface area contributed by atoms with E-state index in [4.69, 9.17) is 10.5 Å². The van der Waals surface area contributed by atoms with E-state index < -0.39 is 17.9 Å². The average Bonchev–Trinajstić information content (AvgIpc) is 2.61.